The smallest absolute Gasteiger partial charge is 0.123 e. The van der Waals surface area contributed by atoms with Crippen LogP contribution in [0.4, 0.5) is 10.1 Å². The van der Waals surface area contributed by atoms with Crippen molar-refractivity contribution in [3.05, 3.63) is 90.0 Å². The Balaban J connectivity index is 1.82. The van der Waals surface area contributed by atoms with Crippen LogP contribution in [0.3, 0.4) is 0 Å². The first-order valence-corrected chi connectivity index (χ1v) is 10.9. The minimum Gasteiger partial charge on any atom is -0.398 e. The average Bonchev–Trinajstić information content (AvgIpc) is 2.81. The quantitative estimate of drug-likeness (QED) is 0.244. The van der Waals surface area contributed by atoms with Crippen molar-refractivity contribution in [2.24, 2.45) is 10.7 Å². The molecule has 0 amide bonds. The predicted octanol–water partition coefficient (Wildman–Crippen LogP) is 4.74. The van der Waals surface area contributed by atoms with Crippen molar-refractivity contribution >= 4 is 29.5 Å². The van der Waals surface area contributed by atoms with Gasteiger partial charge in [-0.25, -0.2) is 4.39 Å². The SMILES string of the molecule is CNSCCNc1ccc(-c2ccc(F)cc2)cc1/C(N)=C/C=NCc1cccnc1. The van der Waals surface area contributed by atoms with E-state index in [1.807, 2.05) is 37.4 Å². The summed E-state index contributed by atoms with van der Waals surface area (Å²) in [6.45, 7) is 1.33. The summed E-state index contributed by atoms with van der Waals surface area (Å²) in [6, 6.07) is 16.3. The van der Waals surface area contributed by atoms with E-state index in [0.717, 1.165) is 40.2 Å². The lowest BCUT2D eigenvalue weighted by atomic mass is 10.00. The molecule has 1 heterocycles. The van der Waals surface area contributed by atoms with Crippen molar-refractivity contribution in [1.29, 1.82) is 0 Å². The van der Waals surface area contributed by atoms with E-state index in [2.05, 4.69) is 20.0 Å². The average molecular weight is 436 g/mol. The summed E-state index contributed by atoms with van der Waals surface area (Å²) < 4.78 is 16.4. The van der Waals surface area contributed by atoms with Crippen molar-refractivity contribution in [2.45, 2.75) is 6.54 Å². The number of aliphatic imine (C=N–C) groups is 1. The number of nitrogens with two attached hydrogens (primary N) is 1. The number of rotatable bonds is 10. The molecule has 0 spiro atoms. The van der Waals surface area contributed by atoms with Crippen molar-refractivity contribution in [2.75, 3.05) is 24.7 Å². The van der Waals surface area contributed by atoms with Gasteiger partial charge in [-0.2, -0.15) is 0 Å². The summed E-state index contributed by atoms with van der Waals surface area (Å²) in [7, 11) is 1.90. The summed E-state index contributed by atoms with van der Waals surface area (Å²) in [5.74, 6) is 0.653. The van der Waals surface area contributed by atoms with Crippen LogP contribution in [-0.2, 0) is 6.54 Å². The molecule has 0 fully saturated rings. The molecule has 0 saturated heterocycles. The maximum atomic E-state index is 13.3. The van der Waals surface area contributed by atoms with E-state index in [0.29, 0.717) is 12.2 Å². The minimum atomic E-state index is -0.256. The molecular weight excluding hydrogens is 409 g/mol. The van der Waals surface area contributed by atoms with Crippen molar-refractivity contribution < 1.29 is 4.39 Å². The third-order valence-corrected chi connectivity index (χ3v) is 5.23. The highest BCUT2D eigenvalue weighted by Gasteiger charge is 2.08. The van der Waals surface area contributed by atoms with Gasteiger partial charge in [-0.3, -0.25) is 14.7 Å². The van der Waals surface area contributed by atoms with Gasteiger partial charge >= 0.3 is 0 Å². The first-order valence-electron chi connectivity index (χ1n) is 9.94. The number of allylic oxidation sites excluding steroid dienone is 1. The van der Waals surface area contributed by atoms with Crippen LogP contribution < -0.4 is 15.8 Å². The first kappa shape index (κ1) is 22.5. The van der Waals surface area contributed by atoms with Crippen LogP contribution in [0.15, 0.2) is 78.1 Å². The molecule has 31 heavy (non-hydrogen) atoms. The molecular formula is C24H26FN5S. The molecule has 3 aromatic rings. The molecule has 2 aromatic carbocycles. The largest absolute Gasteiger partial charge is 0.398 e. The normalized spacial score (nSPS) is 11.7. The van der Waals surface area contributed by atoms with E-state index in [4.69, 9.17) is 5.73 Å². The second-order valence-electron chi connectivity index (χ2n) is 6.72. The van der Waals surface area contributed by atoms with Crippen LogP contribution in [-0.4, -0.2) is 30.5 Å². The van der Waals surface area contributed by atoms with Gasteiger partial charge in [0.2, 0.25) is 0 Å². The van der Waals surface area contributed by atoms with Gasteiger partial charge in [0.25, 0.3) is 0 Å². The molecule has 0 saturated carbocycles. The van der Waals surface area contributed by atoms with Gasteiger partial charge in [-0.15, -0.1) is 0 Å². The molecule has 0 unspecified atom stereocenters. The van der Waals surface area contributed by atoms with Gasteiger partial charge in [-0.1, -0.05) is 36.2 Å². The summed E-state index contributed by atoms with van der Waals surface area (Å²) in [5.41, 5.74) is 11.8. The van der Waals surface area contributed by atoms with Gasteiger partial charge in [0.05, 0.1) is 6.54 Å². The van der Waals surface area contributed by atoms with Crippen molar-refractivity contribution in [3.8, 4) is 11.1 Å². The van der Waals surface area contributed by atoms with Gasteiger partial charge in [0.1, 0.15) is 5.82 Å². The molecule has 0 bridgehead atoms. The monoisotopic (exact) mass is 435 g/mol. The number of nitrogens with one attached hydrogen (secondary N) is 2. The number of aromatic nitrogens is 1. The molecule has 1 aromatic heterocycles. The van der Waals surface area contributed by atoms with Crippen LogP contribution in [0, 0.1) is 5.82 Å². The Morgan fingerprint density at radius 2 is 1.97 bits per heavy atom. The number of pyridine rings is 1. The van der Waals surface area contributed by atoms with E-state index in [9.17, 15) is 4.39 Å². The van der Waals surface area contributed by atoms with Gasteiger partial charge in [-0.05, 0) is 60.1 Å². The Morgan fingerprint density at radius 1 is 1.16 bits per heavy atom. The number of anilines is 1. The van der Waals surface area contributed by atoms with Crippen LogP contribution >= 0.6 is 11.9 Å². The highest BCUT2D eigenvalue weighted by atomic mass is 32.2. The predicted molar refractivity (Wildman–Crippen MR) is 130 cm³/mol. The minimum absolute atomic E-state index is 0.256. The summed E-state index contributed by atoms with van der Waals surface area (Å²) >= 11 is 1.64. The highest BCUT2D eigenvalue weighted by molar-refractivity contribution is 7.97. The Hall–Kier alpha value is -3.16. The van der Waals surface area contributed by atoms with Gasteiger partial charge < -0.3 is 11.1 Å². The van der Waals surface area contributed by atoms with Crippen LogP contribution in [0.1, 0.15) is 11.1 Å². The Labute approximate surface area is 186 Å². The molecule has 0 radical (unpaired) electrons. The molecule has 7 heteroatoms. The molecule has 0 aliphatic heterocycles. The third kappa shape index (κ3) is 6.94. The van der Waals surface area contributed by atoms with E-state index in [1.165, 1.54) is 12.1 Å². The molecule has 0 aliphatic rings. The standard InChI is InChI=1S/C24H26FN5S/c1-27-31-14-13-30-24-9-6-20(19-4-7-21(25)8-5-19)15-22(24)23(26)10-12-29-17-18-3-2-11-28-16-18/h2-12,15-16,27,30H,13-14,17,26H2,1H3/b23-10-,29-12?. The highest BCUT2D eigenvalue weighted by Crippen LogP contribution is 2.28. The Morgan fingerprint density at radius 3 is 2.71 bits per heavy atom. The fourth-order valence-corrected chi connectivity index (χ4v) is 3.38. The lowest BCUT2D eigenvalue weighted by molar-refractivity contribution is 0.628. The summed E-state index contributed by atoms with van der Waals surface area (Å²) in [5, 5.41) is 3.44. The number of hydrogen-bond acceptors (Lipinski definition) is 6. The summed E-state index contributed by atoms with van der Waals surface area (Å²) in [4.78, 5) is 8.51. The zero-order chi connectivity index (χ0) is 21.9. The zero-order valence-electron chi connectivity index (χ0n) is 17.4. The lowest BCUT2D eigenvalue weighted by Gasteiger charge is -2.14. The maximum Gasteiger partial charge on any atom is 0.123 e. The molecule has 3 rings (SSSR count). The molecule has 0 atom stereocenters. The van der Waals surface area contributed by atoms with Crippen molar-refractivity contribution in [1.82, 2.24) is 9.71 Å². The first-order chi connectivity index (χ1) is 15.2. The molecule has 0 aliphatic carbocycles. The molecule has 4 N–H and O–H groups in total. The Bertz CT molecular complexity index is 1020. The molecule has 160 valence electrons. The van der Waals surface area contributed by atoms with Gasteiger partial charge in [0, 0.05) is 47.9 Å². The van der Waals surface area contributed by atoms with Gasteiger partial charge in [0.15, 0.2) is 0 Å². The fraction of sp³-hybridized carbons (Fsp3) is 0.167. The second kappa shape index (κ2) is 11.9. The summed E-state index contributed by atoms with van der Waals surface area (Å²) in [6.07, 6.45) is 7.05. The Kier molecular flexibility index (Phi) is 8.63. The van der Waals surface area contributed by atoms with E-state index in [-0.39, 0.29) is 5.82 Å². The van der Waals surface area contributed by atoms with E-state index < -0.39 is 0 Å². The van der Waals surface area contributed by atoms with Crippen LogP contribution in [0.2, 0.25) is 0 Å². The number of benzene rings is 2. The second-order valence-corrected chi connectivity index (χ2v) is 7.82. The number of halogens is 1. The molecule has 5 nitrogen and oxygen atoms in total. The third-order valence-electron chi connectivity index (χ3n) is 4.53. The topological polar surface area (TPSA) is 75.3 Å². The lowest BCUT2D eigenvalue weighted by Crippen LogP contribution is -2.10. The zero-order valence-corrected chi connectivity index (χ0v) is 18.2. The number of hydrogen-bond donors (Lipinski definition) is 3. The fourth-order valence-electron chi connectivity index (χ4n) is 2.97. The van der Waals surface area contributed by atoms with Crippen molar-refractivity contribution in [3.63, 3.8) is 0 Å². The van der Waals surface area contributed by atoms with E-state index >= 15 is 0 Å². The van der Waals surface area contributed by atoms with Crippen LogP contribution in [0.5, 0.6) is 0 Å². The number of nitrogens with zero attached hydrogens (tertiary/aromatic N) is 2. The van der Waals surface area contributed by atoms with E-state index in [1.54, 1.807) is 48.8 Å². The maximum absolute atomic E-state index is 13.3. The van der Waals surface area contributed by atoms with Crippen LogP contribution in [0.25, 0.3) is 16.8 Å².